The van der Waals surface area contributed by atoms with Gasteiger partial charge in [-0.15, -0.1) is 0 Å². The Bertz CT molecular complexity index is 1120. The molecule has 0 bridgehead atoms. The van der Waals surface area contributed by atoms with Crippen molar-refractivity contribution in [3.63, 3.8) is 0 Å². The van der Waals surface area contributed by atoms with Crippen LogP contribution < -0.4 is 5.32 Å². The van der Waals surface area contributed by atoms with E-state index in [-0.39, 0.29) is 18.4 Å². The van der Waals surface area contributed by atoms with Crippen molar-refractivity contribution >= 4 is 17.5 Å². The van der Waals surface area contributed by atoms with Crippen LogP contribution in [0, 0.1) is 0 Å². The Balaban J connectivity index is 1.34. The highest BCUT2D eigenvalue weighted by atomic mass is 16.5. The Labute approximate surface area is 192 Å². The van der Waals surface area contributed by atoms with E-state index in [1.165, 1.54) is 6.92 Å². The van der Waals surface area contributed by atoms with Gasteiger partial charge in [0.2, 0.25) is 11.7 Å². The summed E-state index contributed by atoms with van der Waals surface area (Å²) in [6.07, 6.45) is 0. The SMILES string of the molecule is COCc1nc(-c2cccc(CN3CCN(C(=O)c4cccc(NC(C)=O)c4)CC3)c2)no1. The largest absolute Gasteiger partial charge is 0.375 e. The number of carbonyl (C=O) groups excluding carboxylic acids is 2. The molecule has 3 aromatic rings. The summed E-state index contributed by atoms with van der Waals surface area (Å²) in [6, 6.07) is 15.1. The van der Waals surface area contributed by atoms with E-state index < -0.39 is 0 Å². The predicted octanol–water partition coefficient (Wildman–Crippen LogP) is 2.80. The van der Waals surface area contributed by atoms with Gasteiger partial charge in [0.15, 0.2) is 0 Å². The number of anilines is 1. The lowest BCUT2D eigenvalue weighted by Gasteiger charge is -2.35. The van der Waals surface area contributed by atoms with Crippen molar-refractivity contribution < 1.29 is 18.8 Å². The molecule has 9 heteroatoms. The van der Waals surface area contributed by atoms with E-state index in [0.717, 1.165) is 30.8 Å². The number of piperazine rings is 1. The Morgan fingerprint density at radius 1 is 1.09 bits per heavy atom. The summed E-state index contributed by atoms with van der Waals surface area (Å²) in [4.78, 5) is 32.7. The Morgan fingerprint density at radius 2 is 1.88 bits per heavy atom. The number of nitrogens with zero attached hydrogens (tertiary/aromatic N) is 4. The van der Waals surface area contributed by atoms with Crippen LogP contribution in [-0.4, -0.2) is 65.0 Å². The first-order chi connectivity index (χ1) is 16.0. The molecule has 0 aliphatic carbocycles. The summed E-state index contributed by atoms with van der Waals surface area (Å²) in [5.74, 6) is 0.807. The molecule has 0 atom stereocenters. The minimum atomic E-state index is -0.160. The lowest BCUT2D eigenvalue weighted by Crippen LogP contribution is -2.48. The molecule has 2 amide bonds. The van der Waals surface area contributed by atoms with Crippen LogP contribution in [0.25, 0.3) is 11.4 Å². The highest BCUT2D eigenvalue weighted by molar-refractivity contribution is 5.96. The van der Waals surface area contributed by atoms with Gasteiger partial charge in [-0.25, -0.2) is 0 Å². The van der Waals surface area contributed by atoms with E-state index in [1.807, 2.05) is 17.0 Å². The molecule has 1 aliphatic heterocycles. The number of ether oxygens (including phenoxy) is 1. The Kier molecular flexibility index (Phi) is 7.11. The molecule has 1 fully saturated rings. The second kappa shape index (κ2) is 10.4. The molecule has 0 radical (unpaired) electrons. The molecule has 172 valence electrons. The van der Waals surface area contributed by atoms with Gasteiger partial charge >= 0.3 is 0 Å². The molecule has 2 heterocycles. The van der Waals surface area contributed by atoms with E-state index in [1.54, 1.807) is 31.4 Å². The Hall–Kier alpha value is -3.56. The number of methoxy groups -OCH3 is 1. The zero-order chi connectivity index (χ0) is 23.2. The molecule has 0 unspecified atom stereocenters. The lowest BCUT2D eigenvalue weighted by atomic mass is 10.1. The number of nitrogens with one attached hydrogen (secondary N) is 1. The molecule has 1 aromatic heterocycles. The maximum absolute atomic E-state index is 12.9. The van der Waals surface area contributed by atoms with E-state index >= 15 is 0 Å². The summed E-state index contributed by atoms with van der Waals surface area (Å²) < 4.78 is 10.2. The number of benzene rings is 2. The topological polar surface area (TPSA) is 101 Å². The van der Waals surface area contributed by atoms with Crippen LogP contribution in [0.2, 0.25) is 0 Å². The van der Waals surface area contributed by atoms with Crippen molar-refractivity contribution in [1.29, 1.82) is 0 Å². The van der Waals surface area contributed by atoms with Crippen molar-refractivity contribution in [3.8, 4) is 11.4 Å². The summed E-state index contributed by atoms with van der Waals surface area (Å²) in [5.41, 5.74) is 3.25. The average Bonchev–Trinajstić information content (AvgIpc) is 3.28. The fourth-order valence-electron chi connectivity index (χ4n) is 3.85. The number of aromatic nitrogens is 2. The maximum atomic E-state index is 12.9. The van der Waals surface area contributed by atoms with E-state index in [2.05, 4.69) is 32.5 Å². The molecule has 9 nitrogen and oxygen atoms in total. The van der Waals surface area contributed by atoms with Gasteiger partial charge in [0.1, 0.15) is 6.61 Å². The smallest absolute Gasteiger partial charge is 0.254 e. The van der Waals surface area contributed by atoms with Crippen LogP contribution in [0.15, 0.2) is 53.1 Å². The molecule has 33 heavy (non-hydrogen) atoms. The van der Waals surface area contributed by atoms with Crippen LogP contribution in [0.5, 0.6) is 0 Å². The van der Waals surface area contributed by atoms with Crippen LogP contribution >= 0.6 is 0 Å². The third-order valence-electron chi connectivity index (χ3n) is 5.42. The highest BCUT2D eigenvalue weighted by Gasteiger charge is 2.22. The monoisotopic (exact) mass is 449 g/mol. The lowest BCUT2D eigenvalue weighted by molar-refractivity contribution is -0.114. The van der Waals surface area contributed by atoms with Gasteiger partial charge in [0.05, 0.1) is 0 Å². The van der Waals surface area contributed by atoms with E-state index in [9.17, 15) is 9.59 Å². The summed E-state index contributed by atoms with van der Waals surface area (Å²) in [6.45, 7) is 5.36. The Morgan fingerprint density at radius 3 is 2.64 bits per heavy atom. The van der Waals surface area contributed by atoms with Gasteiger partial charge in [-0.2, -0.15) is 4.98 Å². The van der Waals surface area contributed by atoms with Crippen LogP contribution in [0.1, 0.15) is 28.7 Å². The van der Waals surface area contributed by atoms with Gasteiger partial charge in [0.25, 0.3) is 11.8 Å². The zero-order valence-corrected chi connectivity index (χ0v) is 18.8. The molecule has 1 aliphatic rings. The quantitative estimate of drug-likeness (QED) is 0.592. The average molecular weight is 450 g/mol. The number of hydrogen-bond acceptors (Lipinski definition) is 7. The molecule has 1 saturated heterocycles. The number of rotatable bonds is 7. The third-order valence-corrected chi connectivity index (χ3v) is 5.42. The summed E-state index contributed by atoms with van der Waals surface area (Å²) in [7, 11) is 1.58. The minimum Gasteiger partial charge on any atom is -0.375 e. The second-order valence-corrected chi connectivity index (χ2v) is 7.98. The van der Waals surface area contributed by atoms with Gasteiger partial charge in [-0.05, 0) is 29.8 Å². The summed E-state index contributed by atoms with van der Waals surface area (Å²) in [5, 5.41) is 6.75. The molecule has 4 rings (SSSR count). The zero-order valence-electron chi connectivity index (χ0n) is 18.8. The molecular weight excluding hydrogens is 422 g/mol. The number of carbonyl (C=O) groups is 2. The van der Waals surface area contributed by atoms with Gasteiger partial charge in [0, 0.05) is 63.6 Å². The molecule has 2 aromatic carbocycles. The molecule has 0 saturated carbocycles. The van der Waals surface area contributed by atoms with Crippen molar-refractivity contribution in [2.24, 2.45) is 0 Å². The van der Waals surface area contributed by atoms with Crippen LogP contribution in [-0.2, 0) is 22.7 Å². The van der Waals surface area contributed by atoms with Crippen molar-refractivity contribution in [2.45, 2.75) is 20.1 Å². The van der Waals surface area contributed by atoms with Gasteiger partial charge < -0.3 is 19.5 Å². The van der Waals surface area contributed by atoms with Crippen molar-refractivity contribution in [1.82, 2.24) is 19.9 Å². The first-order valence-corrected chi connectivity index (χ1v) is 10.8. The third kappa shape index (κ3) is 5.82. The predicted molar refractivity (Wildman–Crippen MR) is 122 cm³/mol. The standard InChI is InChI=1S/C24H27N5O4/c1-17(30)25-21-8-4-7-20(14-21)24(31)29-11-9-28(10-12-29)15-18-5-3-6-19(13-18)23-26-22(16-32-2)33-27-23/h3-8,13-14H,9-12,15-16H2,1-2H3,(H,25,30). The van der Waals surface area contributed by atoms with Gasteiger partial charge in [-0.1, -0.05) is 29.4 Å². The maximum Gasteiger partial charge on any atom is 0.254 e. The van der Waals surface area contributed by atoms with Crippen molar-refractivity contribution in [2.75, 3.05) is 38.6 Å². The first kappa shape index (κ1) is 22.6. The molecular formula is C24H27N5O4. The van der Waals surface area contributed by atoms with E-state index in [0.29, 0.717) is 36.1 Å². The highest BCUT2D eigenvalue weighted by Crippen LogP contribution is 2.20. The number of hydrogen-bond donors (Lipinski definition) is 1. The number of amides is 2. The van der Waals surface area contributed by atoms with Crippen molar-refractivity contribution in [3.05, 3.63) is 65.5 Å². The minimum absolute atomic E-state index is 0.0205. The first-order valence-electron chi connectivity index (χ1n) is 10.8. The fourth-order valence-corrected chi connectivity index (χ4v) is 3.85. The van der Waals surface area contributed by atoms with E-state index in [4.69, 9.17) is 9.26 Å². The second-order valence-electron chi connectivity index (χ2n) is 7.98. The van der Waals surface area contributed by atoms with Crippen LogP contribution in [0.4, 0.5) is 5.69 Å². The fraction of sp³-hybridized carbons (Fsp3) is 0.333. The molecule has 1 N–H and O–H groups in total. The normalized spacial score (nSPS) is 14.3. The summed E-state index contributed by atoms with van der Waals surface area (Å²) >= 11 is 0. The van der Waals surface area contributed by atoms with Crippen LogP contribution in [0.3, 0.4) is 0 Å². The molecule has 0 spiro atoms. The van der Waals surface area contributed by atoms with Gasteiger partial charge in [-0.3, -0.25) is 14.5 Å².